The highest BCUT2D eigenvalue weighted by Crippen LogP contribution is 2.09. The van der Waals surface area contributed by atoms with Gasteiger partial charge in [-0.3, -0.25) is 0 Å². The van der Waals surface area contributed by atoms with E-state index in [1.54, 1.807) is 6.92 Å². The predicted octanol–water partition coefficient (Wildman–Crippen LogP) is 4.80. The minimum absolute atomic E-state index is 0.150. The van der Waals surface area contributed by atoms with Crippen LogP contribution in [0.3, 0.4) is 0 Å². The minimum Gasteiger partial charge on any atom is -0.393 e. The number of ketones is 1. The SMILES string of the molecule is CCCCC(O)C/C=C\CCCCCCCC(C)=O. The molecule has 0 aromatic heterocycles. The molecular formula is C17H32O2. The largest absolute Gasteiger partial charge is 0.393 e. The topological polar surface area (TPSA) is 37.3 Å². The number of hydrogen-bond acceptors (Lipinski definition) is 2. The third-order valence-corrected chi connectivity index (χ3v) is 3.37. The highest BCUT2D eigenvalue weighted by molar-refractivity contribution is 5.75. The van der Waals surface area contributed by atoms with Gasteiger partial charge in [-0.1, -0.05) is 51.2 Å². The molecule has 0 saturated carbocycles. The molecule has 19 heavy (non-hydrogen) atoms. The van der Waals surface area contributed by atoms with Gasteiger partial charge in [0.2, 0.25) is 0 Å². The van der Waals surface area contributed by atoms with Gasteiger partial charge in [0.1, 0.15) is 5.78 Å². The van der Waals surface area contributed by atoms with Crippen LogP contribution in [-0.2, 0) is 4.79 Å². The predicted molar refractivity (Wildman–Crippen MR) is 82.3 cm³/mol. The molecule has 0 aliphatic carbocycles. The van der Waals surface area contributed by atoms with Gasteiger partial charge in [0, 0.05) is 6.42 Å². The molecule has 0 aliphatic heterocycles. The van der Waals surface area contributed by atoms with Gasteiger partial charge in [-0.05, 0) is 39.0 Å². The molecule has 0 fully saturated rings. The van der Waals surface area contributed by atoms with Crippen LogP contribution < -0.4 is 0 Å². The Balaban J connectivity index is 3.22. The number of carbonyl (C=O) groups is 1. The second-order valence-corrected chi connectivity index (χ2v) is 5.51. The lowest BCUT2D eigenvalue weighted by atomic mass is 10.1. The normalized spacial score (nSPS) is 13.0. The first kappa shape index (κ1) is 18.4. The first-order chi connectivity index (χ1) is 9.16. The quantitative estimate of drug-likeness (QED) is 0.385. The number of aliphatic hydroxyl groups excluding tert-OH is 1. The smallest absolute Gasteiger partial charge is 0.129 e. The van der Waals surface area contributed by atoms with Crippen LogP contribution in [0.5, 0.6) is 0 Å². The summed E-state index contributed by atoms with van der Waals surface area (Å²) in [5.74, 6) is 0.310. The molecule has 0 heterocycles. The average Bonchev–Trinajstić information content (AvgIpc) is 2.38. The van der Waals surface area contributed by atoms with Crippen molar-refractivity contribution in [3.05, 3.63) is 12.2 Å². The van der Waals surface area contributed by atoms with Crippen molar-refractivity contribution < 1.29 is 9.90 Å². The van der Waals surface area contributed by atoms with Crippen LogP contribution in [0.25, 0.3) is 0 Å². The standard InChI is InChI=1S/C17H32O2/c1-3-4-14-17(19)15-12-10-8-6-5-7-9-11-13-16(2)18/h10,12,17,19H,3-9,11,13-15H2,1-2H3/b12-10-. The van der Waals surface area contributed by atoms with E-state index in [1.165, 1.54) is 25.7 Å². The van der Waals surface area contributed by atoms with E-state index in [9.17, 15) is 9.90 Å². The van der Waals surface area contributed by atoms with Crippen molar-refractivity contribution >= 4 is 5.78 Å². The summed E-state index contributed by atoms with van der Waals surface area (Å²) in [5, 5.41) is 9.65. The Labute approximate surface area is 119 Å². The highest BCUT2D eigenvalue weighted by Gasteiger charge is 1.99. The Morgan fingerprint density at radius 3 is 2.42 bits per heavy atom. The van der Waals surface area contributed by atoms with Crippen molar-refractivity contribution in [1.82, 2.24) is 0 Å². The van der Waals surface area contributed by atoms with Gasteiger partial charge in [-0.25, -0.2) is 0 Å². The first-order valence-electron chi connectivity index (χ1n) is 7.99. The zero-order chi connectivity index (χ0) is 14.3. The monoisotopic (exact) mass is 268 g/mol. The summed E-state index contributed by atoms with van der Waals surface area (Å²) in [4.78, 5) is 10.7. The summed E-state index contributed by atoms with van der Waals surface area (Å²) < 4.78 is 0. The summed E-state index contributed by atoms with van der Waals surface area (Å²) in [7, 11) is 0. The van der Waals surface area contributed by atoms with E-state index in [2.05, 4.69) is 19.1 Å². The first-order valence-corrected chi connectivity index (χ1v) is 7.99. The number of aliphatic hydroxyl groups is 1. The van der Waals surface area contributed by atoms with E-state index in [0.717, 1.165) is 44.9 Å². The fourth-order valence-corrected chi connectivity index (χ4v) is 2.10. The number of hydrogen-bond donors (Lipinski definition) is 1. The average molecular weight is 268 g/mol. The molecule has 0 saturated heterocycles. The van der Waals surface area contributed by atoms with Crippen molar-refractivity contribution in [3.63, 3.8) is 0 Å². The van der Waals surface area contributed by atoms with Gasteiger partial charge in [-0.2, -0.15) is 0 Å². The second kappa shape index (κ2) is 13.8. The third kappa shape index (κ3) is 15.3. The molecule has 2 heteroatoms. The summed E-state index contributed by atoms with van der Waals surface area (Å²) >= 11 is 0. The summed E-state index contributed by atoms with van der Waals surface area (Å²) in [6.07, 6.45) is 16.0. The summed E-state index contributed by atoms with van der Waals surface area (Å²) in [6, 6.07) is 0. The molecular weight excluding hydrogens is 236 g/mol. The van der Waals surface area contributed by atoms with Crippen LogP contribution in [0.2, 0.25) is 0 Å². The van der Waals surface area contributed by atoms with Crippen LogP contribution in [0.15, 0.2) is 12.2 Å². The second-order valence-electron chi connectivity index (χ2n) is 5.51. The molecule has 0 aliphatic rings. The van der Waals surface area contributed by atoms with Crippen LogP contribution in [-0.4, -0.2) is 17.0 Å². The van der Waals surface area contributed by atoms with Crippen LogP contribution in [0, 0.1) is 0 Å². The third-order valence-electron chi connectivity index (χ3n) is 3.37. The molecule has 2 nitrogen and oxygen atoms in total. The number of unbranched alkanes of at least 4 members (excludes halogenated alkanes) is 6. The van der Waals surface area contributed by atoms with E-state index in [0.29, 0.717) is 5.78 Å². The molecule has 0 spiro atoms. The molecule has 0 amide bonds. The number of rotatable bonds is 13. The zero-order valence-corrected chi connectivity index (χ0v) is 12.9. The zero-order valence-electron chi connectivity index (χ0n) is 12.9. The molecule has 0 aromatic carbocycles. The van der Waals surface area contributed by atoms with E-state index in [-0.39, 0.29) is 6.10 Å². The van der Waals surface area contributed by atoms with E-state index < -0.39 is 0 Å². The van der Waals surface area contributed by atoms with Crippen molar-refractivity contribution in [2.45, 2.75) is 90.6 Å². The lowest BCUT2D eigenvalue weighted by Crippen LogP contribution is -2.03. The van der Waals surface area contributed by atoms with Crippen LogP contribution in [0.1, 0.15) is 84.5 Å². The Kier molecular flexibility index (Phi) is 13.3. The van der Waals surface area contributed by atoms with E-state index in [1.807, 2.05) is 0 Å². The van der Waals surface area contributed by atoms with E-state index >= 15 is 0 Å². The van der Waals surface area contributed by atoms with Crippen LogP contribution >= 0.6 is 0 Å². The van der Waals surface area contributed by atoms with Gasteiger partial charge in [0.05, 0.1) is 6.10 Å². The number of carbonyl (C=O) groups excluding carboxylic acids is 1. The van der Waals surface area contributed by atoms with Gasteiger partial charge in [0.25, 0.3) is 0 Å². The Hall–Kier alpha value is -0.630. The molecule has 1 N–H and O–H groups in total. The van der Waals surface area contributed by atoms with Gasteiger partial charge >= 0.3 is 0 Å². The van der Waals surface area contributed by atoms with Gasteiger partial charge in [-0.15, -0.1) is 0 Å². The molecule has 0 radical (unpaired) electrons. The molecule has 1 atom stereocenters. The summed E-state index contributed by atoms with van der Waals surface area (Å²) in [5.41, 5.74) is 0. The van der Waals surface area contributed by atoms with Crippen molar-refractivity contribution in [2.24, 2.45) is 0 Å². The highest BCUT2D eigenvalue weighted by atomic mass is 16.3. The Bertz CT molecular complexity index is 233. The maximum Gasteiger partial charge on any atom is 0.129 e. The molecule has 0 rings (SSSR count). The fourth-order valence-electron chi connectivity index (χ4n) is 2.10. The molecule has 112 valence electrons. The van der Waals surface area contributed by atoms with Crippen LogP contribution in [0.4, 0.5) is 0 Å². The molecule has 0 bridgehead atoms. The Morgan fingerprint density at radius 1 is 1.05 bits per heavy atom. The van der Waals surface area contributed by atoms with Crippen molar-refractivity contribution in [3.8, 4) is 0 Å². The van der Waals surface area contributed by atoms with Gasteiger partial charge in [0.15, 0.2) is 0 Å². The molecule has 1 unspecified atom stereocenters. The van der Waals surface area contributed by atoms with E-state index in [4.69, 9.17) is 0 Å². The lowest BCUT2D eigenvalue weighted by molar-refractivity contribution is -0.117. The molecule has 0 aromatic rings. The van der Waals surface area contributed by atoms with Crippen molar-refractivity contribution in [1.29, 1.82) is 0 Å². The minimum atomic E-state index is -0.150. The van der Waals surface area contributed by atoms with Gasteiger partial charge < -0.3 is 9.90 Å². The number of Topliss-reactive ketones (excluding diaryl/α,β-unsaturated/α-hetero) is 1. The fraction of sp³-hybridized carbons (Fsp3) is 0.824. The van der Waals surface area contributed by atoms with Crippen molar-refractivity contribution in [2.75, 3.05) is 0 Å². The Morgan fingerprint density at radius 2 is 1.74 bits per heavy atom. The lowest BCUT2D eigenvalue weighted by Gasteiger charge is -2.05. The maximum atomic E-state index is 10.7. The maximum absolute atomic E-state index is 10.7. The number of allylic oxidation sites excluding steroid dienone is 1. The summed E-state index contributed by atoms with van der Waals surface area (Å²) in [6.45, 7) is 3.82.